The second-order valence-electron chi connectivity index (χ2n) is 6.01. The molecule has 7 nitrogen and oxygen atoms in total. The molecule has 2 N–H and O–H groups in total. The normalized spacial score (nSPS) is 10.8. The van der Waals surface area contributed by atoms with E-state index in [-0.39, 0.29) is 5.91 Å². The molecule has 0 bridgehead atoms. The molecule has 0 saturated heterocycles. The van der Waals surface area contributed by atoms with Crippen LogP contribution in [-0.4, -0.2) is 36.0 Å². The van der Waals surface area contributed by atoms with Crippen molar-refractivity contribution in [2.45, 2.75) is 13.3 Å². The number of nitrogens with zero attached hydrogens (tertiary/aromatic N) is 2. The van der Waals surface area contributed by atoms with Gasteiger partial charge in [-0.1, -0.05) is 6.92 Å². The molecule has 1 aromatic heterocycles. The third kappa shape index (κ3) is 4.97. The van der Waals surface area contributed by atoms with E-state index in [2.05, 4.69) is 27.6 Å². The van der Waals surface area contributed by atoms with Crippen LogP contribution < -0.4 is 14.9 Å². The fourth-order valence-corrected chi connectivity index (χ4v) is 2.44. The maximum atomic E-state index is 12.2. The number of hydrazone groups is 1. The predicted molar refractivity (Wildman–Crippen MR) is 108 cm³/mol. The molecule has 0 unspecified atom stereocenters. The van der Waals surface area contributed by atoms with E-state index in [4.69, 9.17) is 9.47 Å². The molecule has 0 atom stereocenters. The number of aromatic nitrogens is 2. The molecule has 2 aromatic carbocycles. The molecule has 0 fully saturated rings. The number of carbonyl (C=O) groups excluding carboxylic acids is 1. The zero-order valence-corrected chi connectivity index (χ0v) is 15.8. The van der Waals surface area contributed by atoms with Crippen molar-refractivity contribution in [2.24, 2.45) is 5.10 Å². The van der Waals surface area contributed by atoms with Crippen molar-refractivity contribution in [1.82, 2.24) is 15.6 Å². The van der Waals surface area contributed by atoms with E-state index in [0.29, 0.717) is 18.0 Å². The van der Waals surface area contributed by atoms with Crippen LogP contribution in [0.4, 0.5) is 0 Å². The molecule has 3 aromatic rings. The predicted octanol–water partition coefficient (Wildman–Crippen LogP) is 3.64. The number of rotatable bonds is 8. The number of carbonyl (C=O) groups is 1. The van der Waals surface area contributed by atoms with E-state index in [1.807, 2.05) is 48.5 Å². The Balaban J connectivity index is 1.59. The van der Waals surface area contributed by atoms with Gasteiger partial charge in [-0.15, -0.1) is 0 Å². The molecule has 0 radical (unpaired) electrons. The number of hydrogen-bond acceptors (Lipinski definition) is 5. The van der Waals surface area contributed by atoms with E-state index >= 15 is 0 Å². The second kappa shape index (κ2) is 9.36. The highest BCUT2D eigenvalue weighted by Crippen LogP contribution is 2.21. The van der Waals surface area contributed by atoms with Gasteiger partial charge in [-0.05, 0) is 66.6 Å². The maximum absolute atomic E-state index is 12.2. The van der Waals surface area contributed by atoms with Crippen LogP contribution in [0.1, 0.15) is 29.4 Å². The molecule has 3 rings (SSSR count). The van der Waals surface area contributed by atoms with E-state index in [1.54, 1.807) is 19.4 Å². The van der Waals surface area contributed by atoms with Gasteiger partial charge in [0.2, 0.25) is 0 Å². The van der Waals surface area contributed by atoms with Crippen LogP contribution in [0.5, 0.6) is 11.5 Å². The van der Waals surface area contributed by atoms with Crippen LogP contribution >= 0.6 is 0 Å². The molecule has 1 heterocycles. The number of aromatic amines is 1. The van der Waals surface area contributed by atoms with Crippen molar-refractivity contribution in [3.05, 3.63) is 65.9 Å². The topological polar surface area (TPSA) is 88.6 Å². The Hall–Kier alpha value is -3.61. The first-order valence-electron chi connectivity index (χ1n) is 8.95. The highest BCUT2D eigenvalue weighted by atomic mass is 16.5. The van der Waals surface area contributed by atoms with Crippen molar-refractivity contribution in [1.29, 1.82) is 0 Å². The van der Waals surface area contributed by atoms with Gasteiger partial charge in [-0.3, -0.25) is 9.89 Å². The highest BCUT2D eigenvalue weighted by Gasteiger charge is 2.10. The number of nitrogens with one attached hydrogen (secondary N) is 2. The highest BCUT2D eigenvalue weighted by molar-refractivity contribution is 5.94. The summed E-state index contributed by atoms with van der Waals surface area (Å²) in [5.41, 5.74) is 5.21. The molecule has 1 amide bonds. The smallest absolute Gasteiger partial charge is 0.289 e. The Morgan fingerprint density at radius 2 is 1.86 bits per heavy atom. The van der Waals surface area contributed by atoms with Gasteiger partial charge in [-0.2, -0.15) is 10.2 Å². The standard InChI is InChI=1S/C21H22N4O3/c1-3-12-28-18-10-6-16(7-11-18)19-13-20(24-23-19)21(26)25-22-14-15-4-8-17(27-2)9-5-15/h4-11,13-14H,3,12H2,1-2H3,(H,23,24)(H,25,26)/b22-14-. The second-order valence-corrected chi connectivity index (χ2v) is 6.01. The van der Waals surface area contributed by atoms with Gasteiger partial charge in [0, 0.05) is 5.56 Å². The quantitative estimate of drug-likeness (QED) is 0.463. The summed E-state index contributed by atoms with van der Waals surface area (Å²) in [6, 6.07) is 16.6. The fraction of sp³-hybridized carbons (Fsp3) is 0.190. The van der Waals surface area contributed by atoms with Crippen LogP contribution in [0, 0.1) is 0 Å². The van der Waals surface area contributed by atoms with Crippen LogP contribution in [-0.2, 0) is 0 Å². The Bertz CT molecular complexity index is 931. The van der Waals surface area contributed by atoms with Gasteiger partial charge >= 0.3 is 0 Å². The zero-order chi connectivity index (χ0) is 19.8. The van der Waals surface area contributed by atoms with Gasteiger partial charge in [0.05, 0.1) is 25.6 Å². The minimum absolute atomic E-state index is 0.327. The summed E-state index contributed by atoms with van der Waals surface area (Å²) in [7, 11) is 1.61. The van der Waals surface area contributed by atoms with E-state index < -0.39 is 0 Å². The lowest BCUT2D eigenvalue weighted by molar-refractivity contribution is 0.0950. The fourth-order valence-electron chi connectivity index (χ4n) is 2.44. The number of ether oxygens (including phenoxy) is 2. The molecular formula is C21H22N4O3. The number of amides is 1. The van der Waals surface area contributed by atoms with E-state index in [9.17, 15) is 4.79 Å². The van der Waals surface area contributed by atoms with Gasteiger partial charge in [0.25, 0.3) is 5.91 Å². The lowest BCUT2D eigenvalue weighted by Crippen LogP contribution is -2.17. The van der Waals surface area contributed by atoms with Crippen LogP contribution in [0.3, 0.4) is 0 Å². The molecule has 0 aliphatic carbocycles. The summed E-state index contributed by atoms with van der Waals surface area (Å²) in [4.78, 5) is 12.2. The molecule has 144 valence electrons. The van der Waals surface area contributed by atoms with E-state index in [1.165, 1.54) is 0 Å². The van der Waals surface area contributed by atoms with Crippen LogP contribution in [0.2, 0.25) is 0 Å². The van der Waals surface area contributed by atoms with Crippen LogP contribution in [0.25, 0.3) is 11.3 Å². The Morgan fingerprint density at radius 3 is 2.54 bits per heavy atom. The summed E-state index contributed by atoms with van der Waals surface area (Å²) in [5, 5.41) is 10.9. The first-order valence-corrected chi connectivity index (χ1v) is 8.95. The monoisotopic (exact) mass is 378 g/mol. The SMILES string of the molecule is CCCOc1ccc(-c2cc(C(=O)N/N=C\c3ccc(OC)cc3)[nH]n2)cc1. The summed E-state index contributed by atoms with van der Waals surface area (Å²) in [6.07, 6.45) is 2.52. The molecule has 0 aliphatic heterocycles. The zero-order valence-electron chi connectivity index (χ0n) is 15.8. The Morgan fingerprint density at radius 1 is 1.14 bits per heavy atom. The molecular weight excluding hydrogens is 356 g/mol. The van der Waals surface area contributed by atoms with Crippen molar-refractivity contribution in [3.63, 3.8) is 0 Å². The Labute approximate surface area is 163 Å². The van der Waals surface area contributed by atoms with Crippen molar-refractivity contribution >= 4 is 12.1 Å². The van der Waals surface area contributed by atoms with Gasteiger partial charge in [-0.25, -0.2) is 5.43 Å². The van der Waals surface area contributed by atoms with Gasteiger partial charge in [0.1, 0.15) is 17.2 Å². The van der Waals surface area contributed by atoms with Gasteiger partial charge < -0.3 is 9.47 Å². The minimum Gasteiger partial charge on any atom is -0.497 e. The number of hydrogen-bond donors (Lipinski definition) is 2. The van der Waals surface area contributed by atoms with Crippen molar-refractivity contribution in [2.75, 3.05) is 13.7 Å². The van der Waals surface area contributed by atoms with Crippen LogP contribution in [0.15, 0.2) is 59.7 Å². The van der Waals surface area contributed by atoms with Gasteiger partial charge in [0.15, 0.2) is 0 Å². The molecule has 0 spiro atoms. The largest absolute Gasteiger partial charge is 0.497 e. The summed E-state index contributed by atoms with van der Waals surface area (Å²) >= 11 is 0. The molecule has 28 heavy (non-hydrogen) atoms. The number of benzene rings is 2. The van der Waals surface area contributed by atoms with E-state index in [0.717, 1.165) is 29.0 Å². The number of H-pyrrole nitrogens is 1. The molecule has 7 heteroatoms. The third-order valence-electron chi connectivity index (χ3n) is 3.94. The minimum atomic E-state index is -0.369. The summed E-state index contributed by atoms with van der Waals surface area (Å²) < 4.78 is 10.7. The molecule has 0 saturated carbocycles. The summed E-state index contributed by atoms with van der Waals surface area (Å²) in [6.45, 7) is 2.74. The third-order valence-corrected chi connectivity index (χ3v) is 3.94. The number of methoxy groups -OCH3 is 1. The first kappa shape index (κ1) is 19.2. The average molecular weight is 378 g/mol. The lowest BCUT2D eigenvalue weighted by atomic mass is 10.1. The molecule has 0 aliphatic rings. The lowest BCUT2D eigenvalue weighted by Gasteiger charge is -2.04. The van der Waals surface area contributed by atoms with Crippen molar-refractivity contribution < 1.29 is 14.3 Å². The summed E-state index contributed by atoms with van der Waals surface area (Å²) in [5.74, 6) is 1.20. The maximum Gasteiger partial charge on any atom is 0.289 e. The first-order chi connectivity index (χ1) is 13.7. The average Bonchev–Trinajstić information content (AvgIpc) is 3.23. The Kier molecular flexibility index (Phi) is 6.41. The van der Waals surface area contributed by atoms with Crippen molar-refractivity contribution in [3.8, 4) is 22.8 Å².